The Morgan fingerprint density at radius 1 is 0.971 bits per heavy atom. The Kier molecular flexibility index (Phi) is 6.38. The normalized spacial score (nSPS) is 21.7. The summed E-state index contributed by atoms with van der Waals surface area (Å²) in [6.07, 6.45) is 4.63. The van der Waals surface area contributed by atoms with Crippen molar-refractivity contribution in [2.24, 2.45) is 5.92 Å². The SMILES string of the molecule is C[C@@H](N[C@H]1CCC[C@H](c2ccc(C(=O)N3CC(C(=O)O)C3)cc2)C1)c1cccc2ccccc12. The zero-order valence-corrected chi connectivity index (χ0v) is 19.6. The molecule has 2 fully saturated rings. The van der Waals surface area contributed by atoms with Crippen LogP contribution in [0.2, 0.25) is 0 Å². The van der Waals surface area contributed by atoms with Crippen molar-refractivity contribution in [2.75, 3.05) is 13.1 Å². The Morgan fingerprint density at radius 2 is 1.71 bits per heavy atom. The molecule has 0 unspecified atom stereocenters. The smallest absolute Gasteiger partial charge is 0.310 e. The maximum atomic E-state index is 12.6. The second-order valence-electron chi connectivity index (χ2n) is 9.88. The van der Waals surface area contributed by atoms with Gasteiger partial charge in [-0.3, -0.25) is 9.59 Å². The molecule has 1 aliphatic carbocycles. The van der Waals surface area contributed by atoms with Crippen molar-refractivity contribution < 1.29 is 14.7 Å². The number of fused-ring (bicyclic) bond motifs is 1. The zero-order chi connectivity index (χ0) is 23.7. The predicted octanol–water partition coefficient (Wildman–Crippen LogP) is 5.37. The lowest BCUT2D eigenvalue weighted by Gasteiger charge is -2.36. The zero-order valence-electron chi connectivity index (χ0n) is 19.6. The summed E-state index contributed by atoms with van der Waals surface area (Å²) < 4.78 is 0. The molecule has 3 aromatic carbocycles. The number of nitrogens with one attached hydrogen (secondary N) is 1. The third kappa shape index (κ3) is 4.58. The second kappa shape index (κ2) is 9.59. The van der Waals surface area contributed by atoms with E-state index in [1.165, 1.54) is 41.2 Å². The van der Waals surface area contributed by atoms with Crippen LogP contribution in [0.15, 0.2) is 66.7 Å². The van der Waals surface area contributed by atoms with Crippen molar-refractivity contribution in [3.05, 3.63) is 83.4 Å². The van der Waals surface area contributed by atoms with Crippen molar-refractivity contribution in [1.29, 1.82) is 0 Å². The summed E-state index contributed by atoms with van der Waals surface area (Å²) in [5.41, 5.74) is 3.27. The highest BCUT2D eigenvalue weighted by molar-refractivity contribution is 5.95. The molecule has 2 N–H and O–H groups in total. The number of hydrogen-bond donors (Lipinski definition) is 2. The lowest BCUT2D eigenvalue weighted by atomic mass is 9.80. The average Bonchev–Trinajstić information content (AvgIpc) is 2.82. The van der Waals surface area contributed by atoms with Gasteiger partial charge in [0.15, 0.2) is 0 Å². The number of carbonyl (C=O) groups is 2. The summed E-state index contributed by atoms with van der Waals surface area (Å²) >= 11 is 0. The molecule has 0 spiro atoms. The molecule has 1 heterocycles. The number of likely N-dealkylation sites (tertiary alicyclic amines) is 1. The van der Waals surface area contributed by atoms with Crippen LogP contribution in [0, 0.1) is 5.92 Å². The third-order valence-corrected chi connectivity index (χ3v) is 7.60. The molecule has 3 atom stereocenters. The summed E-state index contributed by atoms with van der Waals surface area (Å²) in [4.78, 5) is 25.2. The monoisotopic (exact) mass is 456 g/mol. The van der Waals surface area contributed by atoms with Gasteiger partial charge in [0.05, 0.1) is 5.92 Å². The van der Waals surface area contributed by atoms with Crippen LogP contribution >= 0.6 is 0 Å². The molecule has 5 rings (SSSR count). The maximum Gasteiger partial charge on any atom is 0.310 e. The molecule has 1 aliphatic heterocycles. The van der Waals surface area contributed by atoms with E-state index < -0.39 is 11.9 Å². The van der Waals surface area contributed by atoms with Crippen LogP contribution in [-0.2, 0) is 4.79 Å². The summed E-state index contributed by atoms with van der Waals surface area (Å²) in [7, 11) is 0. The van der Waals surface area contributed by atoms with Gasteiger partial charge in [-0.15, -0.1) is 0 Å². The first-order valence-electron chi connectivity index (χ1n) is 12.4. The summed E-state index contributed by atoms with van der Waals surface area (Å²) in [5, 5.41) is 15.5. The highest BCUT2D eigenvalue weighted by atomic mass is 16.4. The first-order valence-corrected chi connectivity index (χ1v) is 12.4. The molecular formula is C29H32N2O3. The van der Waals surface area contributed by atoms with Crippen molar-refractivity contribution in [3.63, 3.8) is 0 Å². The van der Waals surface area contributed by atoms with Gasteiger partial charge in [0.1, 0.15) is 0 Å². The van der Waals surface area contributed by atoms with Gasteiger partial charge < -0.3 is 15.3 Å². The van der Waals surface area contributed by atoms with Gasteiger partial charge in [-0.05, 0) is 66.1 Å². The summed E-state index contributed by atoms with van der Waals surface area (Å²) in [6, 6.07) is 23.8. The van der Waals surface area contributed by atoms with E-state index in [2.05, 4.69) is 66.8 Å². The van der Waals surface area contributed by atoms with Crippen LogP contribution in [0.25, 0.3) is 10.8 Å². The van der Waals surface area contributed by atoms with Gasteiger partial charge in [0.25, 0.3) is 5.91 Å². The quantitative estimate of drug-likeness (QED) is 0.523. The number of amides is 1. The first kappa shape index (κ1) is 22.6. The Balaban J connectivity index is 1.21. The van der Waals surface area contributed by atoms with Crippen LogP contribution in [0.4, 0.5) is 0 Å². The molecular weight excluding hydrogens is 424 g/mol. The molecule has 2 aliphatic rings. The largest absolute Gasteiger partial charge is 0.481 e. The summed E-state index contributed by atoms with van der Waals surface area (Å²) in [6.45, 7) is 2.87. The molecule has 5 heteroatoms. The topological polar surface area (TPSA) is 69.6 Å². The molecule has 0 bridgehead atoms. The lowest BCUT2D eigenvalue weighted by molar-refractivity contribution is -0.146. The molecule has 1 saturated heterocycles. The van der Waals surface area contributed by atoms with E-state index in [1.54, 1.807) is 4.90 Å². The van der Waals surface area contributed by atoms with Gasteiger partial charge in [0, 0.05) is 30.7 Å². The van der Waals surface area contributed by atoms with Gasteiger partial charge in [-0.2, -0.15) is 0 Å². The predicted molar refractivity (Wildman–Crippen MR) is 134 cm³/mol. The fraction of sp³-hybridized carbons (Fsp3) is 0.379. The molecule has 34 heavy (non-hydrogen) atoms. The van der Waals surface area contributed by atoms with Crippen molar-refractivity contribution in [3.8, 4) is 0 Å². The van der Waals surface area contributed by atoms with Gasteiger partial charge in [0.2, 0.25) is 0 Å². The van der Waals surface area contributed by atoms with Crippen LogP contribution in [0.3, 0.4) is 0 Å². The van der Waals surface area contributed by atoms with Gasteiger partial charge in [-0.1, -0.05) is 61.0 Å². The second-order valence-corrected chi connectivity index (χ2v) is 9.88. The molecule has 0 radical (unpaired) electrons. The van der Waals surface area contributed by atoms with E-state index in [0.717, 1.165) is 6.42 Å². The van der Waals surface area contributed by atoms with E-state index in [-0.39, 0.29) is 11.9 Å². The fourth-order valence-corrected chi connectivity index (χ4v) is 5.60. The highest BCUT2D eigenvalue weighted by Crippen LogP contribution is 2.35. The minimum absolute atomic E-state index is 0.0730. The van der Waals surface area contributed by atoms with E-state index in [9.17, 15) is 9.59 Å². The number of benzene rings is 3. The molecule has 176 valence electrons. The van der Waals surface area contributed by atoms with E-state index in [1.807, 2.05) is 12.1 Å². The Hall–Kier alpha value is -3.18. The Bertz CT molecular complexity index is 1180. The molecule has 1 saturated carbocycles. The van der Waals surface area contributed by atoms with E-state index >= 15 is 0 Å². The fourth-order valence-electron chi connectivity index (χ4n) is 5.60. The Morgan fingerprint density at radius 3 is 2.47 bits per heavy atom. The minimum Gasteiger partial charge on any atom is -0.481 e. The summed E-state index contributed by atoms with van der Waals surface area (Å²) in [5.74, 6) is -0.840. The minimum atomic E-state index is -0.824. The number of nitrogens with zero attached hydrogens (tertiary/aromatic N) is 1. The number of rotatable bonds is 6. The van der Waals surface area contributed by atoms with E-state index in [4.69, 9.17) is 5.11 Å². The van der Waals surface area contributed by atoms with Crippen LogP contribution in [-0.4, -0.2) is 41.0 Å². The van der Waals surface area contributed by atoms with Gasteiger partial charge in [-0.25, -0.2) is 0 Å². The third-order valence-electron chi connectivity index (χ3n) is 7.60. The first-order chi connectivity index (χ1) is 16.5. The van der Waals surface area contributed by atoms with Crippen molar-refractivity contribution in [2.45, 2.75) is 50.6 Å². The molecule has 0 aromatic heterocycles. The molecule has 1 amide bonds. The van der Waals surface area contributed by atoms with E-state index in [0.29, 0.717) is 30.6 Å². The number of carboxylic acids is 1. The molecule has 3 aromatic rings. The average molecular weight is 457 g/mol. The number of carboxylic acid groups (broad SMARTS) is 1. The van der Waals surface area contributed by atoms with Crippen LogP contribution in [0.5, 0.6) is 0 Å². The van der Waals surface area contributed by atoms with Crippen LogP contribution < -0.4 is 5.32 Å². The molecule has 5 nitrogen and oxygen atoms in total. The number of aliphatic carboxylic acids is 1. The van der Waals surface area contributed by atoms with Crippen LogP contribution in [0.1, 0.15) is 66.1 Å². The lowest BCUT2D eigenvalue weighted by Crippen LogP contribution is -2.53. The van der Waals surface area contributed by atoms with Gasteiger partial charge >= 0.3 is 5.97 Å². The number of carbonyl (C=O) groups excluding carboxylic acids is 1. The maximum absolute atomic E-state index is 12.6. The Labute approximate surface area is 200 Å². The van der Waals surface area contributed by atoms with Crippen molar-refractivity contribution in [1.82, 2.24) is 10.2 Å². The standard InChI is InChI=1S/C29H32N2O3/c1-19(26-11-5-7-21-6-2-3-10-27(21)26)30-25-9-4-8-23(16-25)20-12-14-22(15-13-20)28(32)31-17-24(18-31)29(33)34/h2-3,5-7,10-15,19,23-25,30H,4,8-9,16-18H2,1H3,(H,33,34)/t19-,23+,25+/m1/s1. The number of hydrogen-bond acceptors (Lipinski definition) is 3. The van der Waals surface area contributed by atoms with Crippen molar-refractivity contribution >= 4 is 22.6 Å². The highest BCUT2D eigenvalue weighted by Gasteiger charge is 2.36.